The van der Waals surface area contributed by atoms with E-state index in [-0.39, 0.29) is 5.91 Å². The van der Waals surface area contributed by atoms with Crippen molar-refractivity contribution in [2.45, 2.75) is 39.8 Å². The van der Waals surface area contributed by atoms with Gasteiger partial charge in [-0.25, -0.2) is 0 Å². The van der Waals surface area contributed by atoms with Crippen LogP contribution in [0.1, 0.15) is 47.8 Å². The first-order valence-electron chi connectivity index (χ1n) is 12.9. The summed E-state index contributed by atoms with van der Waals surface area (Å²) in [5.74, 6) is 0.112. The number of amides is 1. The lowest BCUT2D eigenvalue weighted by Crippen LogP contribution is -2.49. The third-order valence-electron chi connectivity index (χ3n) is 6.80. The van der Waals surface area contributed by atoms with Crippen LogP contribution in [0.2, 0.25) is 0 Å². The summed E-state index contributed by atoms with van der Waals surface area (Å²) in [7, 11) is 2.21. The summed E-state index contributed by atoms with van der Waals surface area (Å²) in [5, 5.41) is 0. The van der Waals surface area contributed by atoms with Gasteiger partial charge in [0.1, 0.15) is 0 Å². The minimum atomic E-state index is 0.112. The van der Waals surface area contributed by atoms with Crippen LogP contribution in [0.15, 0.2) is 84.9 Å². The van der Waals surface area contributed by atoms with E-state index in [4.69, 9.17) is 0 Å². The molecule has 1 saturated heterocycles. The molecule has 4 rings (SSSR count). The van der Waals surface area contributed by atoms with Crippen molar-refractivity contribution < 1.29 is 4.79 Å². The van der Waals surface area contributed by atoms with E-state index in [1.54, 1.807) is 0 Å². The second-order valence-corrected chi connectivity index (χ2v) is 9.39. The first-order valence-corrected chi connectivity index (χ1v) is 12.9. The smallest absolute Gasteiger partial charge is 0.253 e. The SMILES string of the molecule is CCN(CC)C(=O)c1ccc(Cc2ccccc2)cc1.C[C@H]1CN(Cc2ccccc2)CCN1C. The number of carbonyl (C=O) groups is 1. The minimum absolute atomic E-state index is 0.112. The number of hydrogen-bond acceptors (Lipinski definition) is 3. The summed E-state index contributed by atoms with van der Waals surface area (Å²) in [6.45, 7) is 12.5. The van der Waals surface area contributed by atoms with Crippen LogP contribution in [0.5, 0.6) is 0 Å². The standard InChI is InChI=1S/C18H21NO.C13H20N2/c1-3-19(4-2)18(20)17-12-10-16(11-13-17)14-15-8-6-5-7-9-15;1-12-10-15(9-8-14(12)2)11-13-6-4-3-5-7-13/h5-13H,3-4,14H2,1-2H3;3-7,12H,8-11H2,1-2H3/t;12-/m.0/s1. The Balaban J connectivity index is 0.000000203. The highest BCUT2D eigenvalue weighted by Crippen LogP contribution is 2.13. The molecule has 1 heterocycles. The molecule has 0 radical (unpaired) electrons. The lowest BCUT2D eigenvalue weighted by molar-refractivity contribution is 0.0773. The van der Waals surface area contributed by atoms with Crippen molar-refractivity contribution in [1.82, 2.24) is 14.7 Å². The predicted octanol–water partition coefficient (Wildman–Crippen LogP) is 5.58. The van der Waals surface area contributed by atoms with Gasteiger partial charge in [0, 0.05) is 50.9 Å². The first kappa shape index (κ1) is 26.7. The summed E-state index contributed by atoms with van der Waals surface area (Å²) in [4.78, 5) is 19.0. The van der Waals surface area contributed by atoms with E-state index < -0.39 is 0 Å². The molecule has 1 aliphatic heterocycles. The van der Waals surface area contributed by atoms with Gasteiger partial charge in [0.05, 0.1) is 0 Å². The van der Waals surface area contributed by atoms with E-state index in [0.29, 0.717) is 6.04 Å². The lowest BCUT2D eigenvalue weighted by Gasteiger charge is -2.37. The molecule has 4 nitrogen and oxygen atoms in total. The van der Waals surface area contributed by atoms with Crippen LogP contribution in [-0.2, 0) is 13.0 Å². The van der Waals surface area contributed by atoms with Crippen molar-refractivity contribution in [1.29, 1.82) is 0 Å². The predicted molar refractivity (Wildman–Crippen MR) is 147 cm³/mol. The second-order valence-electron chi connectivity index (χ2n) is 9.39. The normalized spacial score (nSPS) is 16.3. The summed E-state index contributed by atoms with van der Waals surface area (Å²) in [6.07, 6.45) is 0.903. The van der Waals surface area contributed by atoms with Gasteiger partial charge < -0.3 is 9.80 Å². The highest BCUT2D eigenvalue weighted by molar-refractivity contribution is 5.94. The number of carbonyl (C=O) groups excluding carboxylic acids is 1. The number of benzene rings is 3. The molecular weight excluding hydrogens is 430 g/mol. The Kier molecular flexibility index (Phi) is 10.5. The van der Waals surface area contributed by atoms with E-state index >= 15 is 0 Å². The molecule has 0 unspecified atom stereocenters. The van der Waals surface area contributed by atoms with E-state index in [1.807, 2.05) is 61.2 Å². The van der Waals surface area contributed by atoms with Crippen molar-refractivity contribution in [3.05, 3.63) is 107 Å². The molecule has 1 fully saturated rings. The second kappa shape index (κ2) is 13.8. The first-order chi connectivity index (χ1) is 17.0. The van der Waals surface area contributed by atoms with E-state index in [0.717, 1.165) is 31.6 Å². The molecule has 0 aromatic heterocycles. The fourth-order valence-electron chi connectivity index (χ4n) is 4.40. The Morgan fingerprint density at radius 3 is 1.89 bits per heavy atom. The van der Waals surface area contributed by atoms with Crippen molar-refractivity contribution in [2.24, 2.45) is 0 Å². The Morgan fingerprint density at radius 2 is 1.34 bits per heavy atom. The van der Waals surface area contributed by atoms with Gasteiger partial charge in [0.2, 0.25) is 0 Å². The van der Waals surface area contributed by atoms with Crippen LogP contribution in [0.25, 0.3) is 0 Å². The van der Waals surface area contributed by atoms with Gasteiger partial charge in [-0.05, 0) is 63.1 Å². The van der Waals surface area contributed by atoms with E-state index in [1.165, 1.54) is 36.3 Å². The lowest BCUT2D eigenvalue weighted by atomic mass is 10.0. The maximum atomic E-state index is 12.2. The van der Waals surface area contributed by atoms with Crippen LogP contribution in [0.4, 0.5) is 0 Å². The Bertz CT molecular complexity index is 1000. The van der Waals surface area contributed by atoms with E-state index in [2.05, 4.69) is 66.2 Å². The van der Waals surface area contributed by atoms with Crippen molar-refractivity contribution in [2.75, 3.05) is 39.8 Å². The van der Waals surface area contributed by atoms with Crippen LogP contribution >= 0.6 is 0 Å². The zero-order valence-corrected chi connectivity index (χ0v) is 21.9. The Labute approximate surface area is 212 Å². The summed E-state index contributed by atoms with van der Waals surface area (Å²) in [6, 6.07) is 29.7. The maximum Gasteiger partial charge on any atom is 0.253 e. The topological polar surface area (TPSA) is 26.8 Å². The fourth-order valence-corrected chi connectivity index (χ4v) is 4.40. The van der Waals surface area contributed by atoms with Crippen LogP contribution in [-0.4, -0.2) is 66.4 Å². The number of nitrogens with zero attached hydrogens (tertiary/aromatic N) is 3. The van der Waals surface area contributed by atoms with Gasteiger partial charge in [-0.15, -0.1) is 0 Å². The summed E-state index contributed by atoms with van der Waals surface area (Å²) in [5.41, 5.74) is 4.71. The molecule has 0 aliphatic carbocycles. The fraction of sp³-hybridized carbons (Fsp3) is 0.387. The third kappa shape index (κ3) is 8.34. The Hall–Kier alpha value is -2.95. The summed E-state index contributed by atoms with van der Waals surface area (Å²) < 4.78 is 0. The van der Waals surface area contributed by atoms with Gasteiger partial charge >= 0.3 is 0 Å². The Morgan fingerprint density at radius 1 is 0.800 bits per heavy atom. The average molecular weight is 472 g/mol. The number of likely N-dealkylation sites (N-methyl/N-ethyl adjacent to an activating group) is 1. The average Bonchev–Trinajstić information content (AvgIpc) is 2.89. The molecule has 0 bridgehead atoms. The monoisotopic (exact) mass is 471 g/mol. The summed E-state index contributed by atoms with van der Waals surface area (Å²) >= 11 is 0. The molecule has 3 aromatic rings. The van der Waals surface area contributed by atoms with Crippen LogP contribution in [0.3, 0.4) is 0 Å². The maximum absolute atomic E-state index is 12.2. The molecule has 1 amide bonds. The van der Waals surface area contributed by atoms with E-state index in [9.17, 15) is 4.79 Å². The number of rotatable bonds is 7. The molecule has 3 aromatic carbocycles. The molecule has 0 saturated carbocycles. The molecule has 4 heteroatoms. The molecule has 1 atom stereocenters. The van der Waals surface area contributed by atoms with Gasteiger partial charge in [-0.3, -0.25) is 9.69 Å². The molecule has 1 aliphatic rings. The molecule has 186 valence electrons. The zero-order chi connectivity index (χ0) is 25.0. The minimum Gasteiger partial charge on any atom is -0.339 e. The number of piperazine rings is 1. The van der Waals surface area contributed by atoms with Gasteiger partial charge in [0.25, 0.3) is 5.91 Å². The molecule has 0 spiro atoms. The van der Waals surface area contributed by atoms with Crippen molar-refractivity contribution in [3.63, 3.8) is 0 Å². The van der Waals surface area contributed by atoms with Gasteiger partial charge in [-0.2, -0.15) is 0 Å². The highest BCUT2D eigenvalue weighted by atomic mass is 16.2. The zero-order valence-electron chi connectivity index (χ0n) is 21.9. The molecule has 35 heavy (non-hydrogen) atoms. The van der Waals surface area contributed by atoms with Gasteiger partial charge in [-0.1, -0.05) is 72.8 Å². The quantitative estimate of drug-likeness (QED) is 0.450. The molecule has 0 N–H and O–H groups in total. The third-order valence-corrected chi connectivity index (χ3v) is 6.80. The van der Waals surface area contributed by atoms with Gasteiger partial charge in [0.15, 0.2) is 0 Å². The van der Waals surface area contributed by atoms with Crippen molar-refractivity contribution >= 4 is 5.91 Å². The largest absolute Gasteiger partial charge is 0.339 e. The van der Waals surface area contributed by atoms with Crippen LogP contribution < -0.4 is 0 Å². The van der Waals surface area contributed by atoms with Crippen molar-refractivity contribution in [3.8, 4) is 0 Å². The number of hydrogen-bond donors (Lipinski definition) is 0. The van der Waals surface area contributed by atoms with Crippen LogP contribution in [0, 0.1) is 0 Å². The highest BCUT2D eigenvalue weighted by Gasteiger charge is 2.20. The molecular formula is C31H41N3O.